The quantitative estimate of drug-likeness (QED) is 0.382. The normalized spacial score (nSPS) is 14.3. The maximum absolute atomic E-state index is 13.2. The highest BCUT2D eigenvalue weighted by Gasteiger charge is 2.28. The molecule has 1 aliphatic rings. The molecule has 6 heteroatoms. The molecule has 184 valence electrons. The molecule has 4 aromatic rings. The smallest absolute Gasteiger partial charge is 0.276 e. The fourth-order valence-corrected chi connectivity index (χ4v) is 4.67. The standard InChI is InChI=1S/C30H30N2O4/c1-20(2)27-18-25(31-36-27)30(34)32-15-16-35-26-14-13-23(17-24(26)19-32)29(33)28(21-9-5-3-6-10-21)22-11-7-4-8-12-22/h3-14,17-18,20,28-29,33H,15-16,19H2,1-2H3. The van der Waals surface area contributed by atoms with Crippen molar-refractivity contribution < 1.29 is 19.2 Å². The monoisotopic (exact) mass is 482 g/mol. The number of aliphatic hydroxyl groups is 1. The van der Waals surface area contributed by atoms with E-state index in [2.05, 4.69) is 5.16 Å². The van der Waals surface area contributed by atoms with Crippen molar-refractivity contribution in [2.24, 2.45) is 0 Å². The topological polar surface area (TPSA) is 75.8 Å². The van der Waals surface area contributed by atoms with Gasteiger partial charge in [0.1, 0.15) is 18.1 Å². The zero-order valence-electron chi connectivity index (χ0n) is 20.5. The molecule has 5 rings (SSSR count). The van der Waals surface area contributed by atoms with E-state index in [-0.39, 0.29) is 17.7 Å². The summed E-state index contributed by atoms with van der Waals surface area (Å²) in [7, 11) is 0. The van der Waals surface area contributed by atoms with Gasteiger partial charge in [-0.05, 0) is 28.8 Å². The van der Waals surface area contributed by atoms with Gasteiger partial charge in [-0.15, -0.1) is 0 Å². The van der Waals surface area contributed by atoms with Gasteiger partial charge < -0.3 is 19.3 Å². The lowest BCUT2D eigenvalue weighted by Crippen LogP contribution is -2.32. The summed E-state index contributed by atoms with van der Waals surface area (Å²) in [6.07, 6.45) is -0.781. The Kier molecular flexibility index (Phi) is 6.87. The van der Waals surface area contributed by atoms with E-state index in [1.165, 1.54) is 0 Å². The van der Waals surface area contributed by atoms with Crippen molar-refractivity contribution >= 4 is 5.91 Å². The van der Waals surface area contributed by atoms with Gasteiger partial charge in [-0.3, -0.25) is 4.79 Å². The Morgan fingerprint density at radius 1 is 0.917 bits per heavy atom. The van der Waals surface area contributed by atoms with Gasteiger partial charge in [0, 0.05) is 30.0 Å². The third-order valence-corrected chi connectivity index (χ3v) is 6.64. The number of fused-ring (bicyclic) bond motifs is 1. The van der Waals surface area contributed by atoms with Crippen molar-refractivity contribution in [3.05, 3.63) is 119 Å². The van der Waals surface area contributed by atoms with Crippen molar-refractivity contribution in [2.45, 2.75) is 38.3 Å². The number of carbonyl (C=O) groups excluding carboxylic acids is 1. The molecular formula is C30H30N2O4. The molecule has 0 fully saturated rings. The van der Waals surface area contributed by atoms with E-state index >= 15 is 0 Å². The number of nitrogens with zero attached hydrogens (tertiary/aromatic N) is 2. The Bertz CT molecular complexity index is 1280. The number of aromatic nitrogens is 1. The number of hydrogen-bond acceptors (Lipinski definition) is 5. The second kappa shape index (κ2) is 10.4. The third kappa shape index (κ3) is 4.90. The number of ether oxygens (including phenoxy) is 1. The molecule has 1 unspecified atom stereocenters. The van der Waals surface area contributed by atoms with Gasteiger partial charge >= 0.3 is 0 Å². The third-order valence-electron chi connectivity index (χ3n) is 6.64. The highest BCUT2D eigenvalue weighted by molar-refractivity contribution is 5.92. The van der Waals surface area contributed by atoms with Gasteiger partial charge in [0.2, 0.25) is 0 Å². The number of amides is 1. The van der Waals surface area contributed by atoms with Crippen LogP contribution in [0.3, 0.4) is 0 Å². The van der Waals surface area contributed by atoms with Crippen LogP contribution in [0.4, 0.5) is 0 Å². The molecule has 0 saturated carbocycles. The summed E-state index contributed by atoms with van der Waals surface area (Å²) < 4.78 is 11.3. The molecule has 0 bridgehead atoms. The molecule has 0 aliphatic carbocycles. The molecular weight excluding hydrogens is 452 g/mol. The second-order valence-electron chi connectivity index (χ2n) is 9.46. The van der Waals surface area contributed by atoms with E-state index in [1.54, 1.807) is 11.0 Å². The maximum atomic E-state index is 13.2. The molecule has 1 atom stereocenters. The van der Waals surface area contributed by atoms with Crippen LogP contribution in [0.5, 0.6) is 5.75 Å². The van der Waals surface area contributed by atoms with Crippen molar-refractivity contribution in [1.29, 1.82) is 0 Å². The summed E-state index contributed by atoms with van der Waals surface area (Å²) in [6.45, 7) is 5.17. The molecule has 0 radical (unpaired) electrons. The Morgan fingerprint density at radius 2 is 1.58 bits per heavy atom. The van der Waals surface area contributed by atoms with Crippen LogP contribution < -0.4 is 4.74 Å². The first-order chi connectivity index (χ1) is 17.5. The van der Waals surface area contributed by atoms with Gasteiger partial charge in [0.15, 0.2) is 5.69 Å². The maximum Gasteiger partial charge on any atom is 0.276 e. The molecule has 1 aromatic heterocycles. The van der Waals surface area contributed by atoms with Crippen LogP contribution in [0, 0.1) is 0 Å². The van der Waals surface area contributed by atoms with Crippen LogP contribution in [0.15, 0.2) is 89.5 Å². The largest absolute Gasteiger partial charge is 0.491 e. The van der Waals surface area contributed by atoms with Gasteiger partial charge in [-0.25, -0.2) is 0 Å². The number of aliphatic hydroxyl groups excluding tert-OH is 1. The van der Waals surface area contributed by atoms with Crippen LogP contribution in [0.25, 0.3) is 0 Å². The molecule has 1 N–H and O–H groups in total. The van der Waals surface area contributed by atoms with Crippen LogP contribution in [0.2, 0.25) is 0 Å². The lowest BCUT2D eigenvalue weighted by Gasteiger charge is -2.25. The average molecular weight is 483 g/mol. The summed E-state index contributed by atoms with van der Waals surface area (Å²) in [6, 6.07) is 27.5. The highest BCUT2D eigenvalue weighted by Crippen LogP contribution is 2.38. The van der Waals surface area contributed by atoms with Crippen LogP contribution in [-0.2, 0) is 6.54 Å². The van der Waals surface area contributed by atoms with Gasteiger partial charge in [0.05, 0.1) is 12.6 Å². The lowest BCUT2D eigenvalue weighted by atomic mass is 9.83. The van der Waals surface area contributed by atoms with E-state index in [9.17, 15) is 9.90 Å². The molecule has 6 nitrogen and oxygen atoms in total. The minimum atomic E-state index is -0.781. The molecule has 2 heterocycles. The summed E-state index contributed by atoms with van der Waals surface area (Å²) in [5.41, 5.74) is 3.99. The van der Waals surface area contributed by atoms with Gasteiger partial charge in [-0.1, -0.05) is 85.7 Å². The first kappa shape index (κ1) is 23.8. The summed E-state index contributed by atoms with van der Waals surface area (Å²) in [4.78, 5) is 14.9. The predicted molar refractivity (Wildman–Crippen MR) is 137 cm³/mol. The Labute approximate surface area is 211 Å². The first-order valence-corrected chi connectivity index (χ1v) is 12.3. The Balaban J connectivity index is 1.44. The minimum Gasteiger partial charge on any atom is -0.491 e. The van der Waals surface area contributed by atoms with Crippen LogP contribution in [-0.4, -0.2) is 34.2 Å². The molecule has 1 aliphatic heterocycles. The number of benzene rings is 3. The van der Waals surface area contributed by atoms with E-state index in [0.29, 0.717) is 31.2 Å². The Hall–Kier alpha value is -3.90. The first-order valence-electron chi connectivity index (χ1n) is 12.3. The second-order valence-corrected chi connectivity index (χ2v) is 9.46. The van der Waals surface area contributed by atoms with E-state index < -0.39 is 6.10 Å². The van der Waals surface area contributed by atoms with Crippen molar-refractivity contribution in [2.75, 3.05) is 13.2 Å². The zero-order chi connectivity index (χ0) is 25.1. The van der Waals surface area contributed by atoms with Crippen LogP contribution in [0.1, 0.15) is 70.3 Å². The summed E-state index contributed by atoms with van der Waals surface area (Å²) in [5.74, 6) is 1.13. The van der Waals surface area contributed by atoms with Crippen LogP contribution >= 0.6 is 0 Å². The number of hydrogen-bond donors (Lipinski definition) is 1. The van der Waals surface area contributed by atoms with Gasteiger partial charge in [0.25, 0.3) is 5.91 Å². The highest BCUT2D eigenvalue weighted by atomic mass is 16.5. The number of rotatable bonds is 6. The molecule has 0 saturated heterocycles. The minimum absolute atomic E-state index is 0.151. The molecule has 0 spiro atoms. The van der Waals surface area contributed by atoms with Crippen molar-refractivity contribution in [3.8, 4) is 5.75 Å². The average Bonchev–Trinajstić information content (AvgIpc) is 3.31. The SMILES string of the molecule is CC(C)c1cc(C(=O)N2CCOc3ccc(C(O)C(c4ccccc4)c4ccccc4)cc3C2)no1. The van der Waals surface area contributed by atoms with Crippen molar-refractivity contribution in [3.63, 3.8) is 0 Å². The fraction of sp³-hybridized carbons (Fsp3) is 0.267. The fourth-order valence-electron chi connectivity index (χ4n) is 4.67. The molecule has 3 aromatic carbocycles. The lowest BCUT2D eigenvalue weighted by molar-refractivity contribution is 0.0722. The summed E-state index contributed by atoms with van der Waals surface area (Å²) in [5, 5.41) is 15.6. The number of carbonyl (C=O) groups is 1. The van der Waals surface area contributed by atoms with E-state index in [4.69, 9.17) is 9.26 Å². The van der Waals surface area contributed by atoms with Crippen molar-refractivity contribution in [1.82, 2.24) is 10.1 Å². The Morgan fingerprint density at radius 3 is 2.19 bits per heavy atom. The molecule has 36 heavy (non-hydrogen) atoms. The zero-order valence-corrected chi connectivity index (χ0v) is 20.5. The molecule has 1 amide bonds. The predicted octanol–water partition coefficient (Wildman–Crippen LogP) is 5.70. The summed E-state index contributed by atoms with van der Waals surface area (Å²) >= 11 is 0. The van der Waals surface area contributed by atoms with Gasteiger partial charge in [-0.2, -0.15) is 0 Å². The van der Waals surface area contributed by atoms with E-state index in [0.717, 1.165) is 28.0 Å². The van der Waals surface area contributed by atoms with E-state index in [1.807, 2.05) is 92.7 Å².